The van der Waals surface area contributed by atoms with Gasteiger partial charge < -0.3 is 9.67 Å². The second-order valence-electron chi connectivity index (χ2n) is 6.06. The summed E-state index contributed by atoms with van der Waals surface area (Å²) in [5, 5.41) is 14.7. The quantitative estimate of drug-likeness (QED) is 0.397. The van der Waals surface area contributed by atoms with Crippen molar-refractivity contribution < 1.29 is 14.5 Å². The third-order valence-electron chi connectivity index (χ3n) is 3.32. The van der Waals surface area contributed by atoms with Gasteiger partial charge in [-0.1, -0.05) is 35.4 Å². The molecule has 0 bridgehead atoms. The molecule has 1 aromatic heterocycles. The summed E-state index contributed by atoms with van der Waals surface area (Å²) < 4.78 is 2.23. The number of Topliss-reactive ketones (excluding diaryl/α,β-unsaturated/α-hetero) is 1. The first-order chi connectivity index (χ1) is 10.3. The highest BCUT2D eigenvalue weighted by molar-refractivity contribution is 5.99. The van der Waals surface area contributed by atoms with Gasteiger partial charge in [-0.15, -0.1) is 0 Å². The van der Waals surface area contributed by atoms with Crippen LogP contribution in [0.2, 0.25) is 0 Å². The van der Waals surface area contributed by atoms with Crippen LogP contribution in [0, 0.1) is 0 Å². The summed E-state index contributed by atoms with van der Waals surface area (Å²) in [5.41, 5.74) is 1.89. The Kier molecular flexibility index (Phi) is 4.59. The summed E-state index contributed by atoms with van der Waals surface area (Å²) in [4.78, 5) is 12.3. The number of benzene rings is 1. The van der Waals surface area contributed by atoms with Gasteiger partial charge in [0.25, 0.3) is 0 Å². The van der Waals surface area contributed by atoms with Gasteiger partial charge in [-0.05, 0) is 12.1 Å². The number of carbonyl (C=O) groups excluding carboxylic acids is 1. The largest absolute Gasteiger partial charge is 0.379 e. The van der Waals surface area contributed by atoms with Crippen molar-refractivity contribution in [1.29, 1.82) is 0 Å². The van der Waals surface area contributed by atoms with Gasteiger partial charge in [0.05, 0.1) is 32.5 Å². The van der Waals surface area contributed by atoms with E-state index < -0.39 is 6.10 Å². The van der Waals surface area contributed by atoms with Gasteiger partial charge in [0.1, 0.15) is 6.21 Å². The number of hydrogen-bond donors (Lipinski definition) is 1. The predicted octanol–water partition coefficient (Wildman–Crippen LogP) is 1.98. The number of hydrogen-bond acceptors (Lipinski definition) is 3. The van der Waals surface area contributed by atoms with Crippen molar-refractivity contribution in [3.05, 3.63) is 59.4 Å². The van der Waals surface area contributed by atoms with Crippen LogP contribution in [0.4, 0.5) is 0 Å². The molecule has 0 aliphatic rings. The minimum atomic E-state index is -1.18. The number of aliphatic hydroxyl groups is 1. The Balaban J connectivity index is 2.25. The van der Waals surface area contributed by atoms with Crippen molar-refractivity contribution in [2.24, 2.45) is 12.1 Å². The van der Waals surface area contributed by atoms with Crippen molar-refractivity contribution in [3.63, 3.8) is 0 Å². The average Bonchev–Trinajstić information content (AvgIpc) is 2.85. The van der Waals surface area contributed by atoms with Crippen LogP contribution in [0.25, 0.3) is 0 Å². The molecule has 0 fully saturated rings. The zero-order valence-corrected chi connectivity index (χ0v) is 13.4. The fourth-order valence-electron chi connectivity index (χ4n) is 2.07. The molecular formula is C17H22N3O2+. The van der Waals surface area contributed by atoms with Crippen LogP contribution in [0.15, 0.2) is 47.6 Å². The van der Waals surface area contributed by atoms with Gasteiger partial charge in [-0.3, -0.25) is 4.79 Å². The van der Waals surface area contributed by atoms with Crippen LogP contribution in [-0.2, 0) is 7.05 Å². The fourth-order valence-corrected chi connectivity index (χ4v) is 2.07. The molecule has 0 saturated carbocycles. The standard InChI is InChI=1S/C17H22N3O2/c1-19-14(12-18-20(2,3)4)10-11-15(19)17(22)16(21)13-8-6-5-7-9-13/h5-12,17,22H,1-4H3/q+1/b18-12+. The lowest BCUT2D eigenvalue weighted by Crippen LogP contribution is -2.27. The smallest absolute Gasteiger partial charge is 0.197 e. The predicted molar refractivity (Wildman–Crippen MR) is 86.8 cm³/mol. The van der Waals surface area contributed by atoms with Crippen molar-refractivity contribution in [1.82, 2.24) is 4.57 Å². The van der Waals surface area contributed by atoms with Crippen LogP contribution in [0.3, 0.4) is 0 Å². The van der Waals surface area contributed by atoms with Crippen molar-refractivity contribution in [2.45, 2.75) is 6.10 Å². The Morgan fingerprint density at radius 2 is 1.82 bits per heavy atom. The number of ketones is 1. The molecule has 0 saturated heterocycles. The maximum absolute atomic E-state index is 12.3. The highest BCUT2D eigenvalue weighted by Crippen LogP contribution is 2.20. The van der Waals surface area contributed by atoms with Crippen molar-refractivity contribution >= 4 is 12.0 Å². The summed E-state index contributed by atoms with van der Waals surface area (Å²) in [6, 6.07) is 12.4. The Morgan fingerprint density at radius 3 is 2.41 bits per heavy atom. The molecule has 0 aliphatic carbocycles. The molecule has 22 heavy (non-hydrogen) atoms. The topological polar surface area (TPSA) is 54.6 Å². The third-order valence-corrected chi connectivity index (χ3v) is 3.32. The summed E-state index contributed by atoms with van der Waals surface area (Å²) in [6.07, 6.45) is 0.558. The minimum Gasteiger partial charge on any atom is -0.379 e. The molecule has 5 nitrogen and oxygen atoms in total. The summed E-state index contributed by atoms with van der Waals surface area (Å²) in [5.74, 6) is -0.308. The van der Waals surface area contributed by atoms with Crippen molar-refractivity contribution in [2.75, 3.05) is 21.1 Å². The first-order valence-electron chi connectivity index (χ1n) is 7.09. The average molecular weight is 300 g/mol. The molecule has 1 atom stereocenters. The van der Waals surface area contributed by atoms with Crippen LogP contribution in [0.5, 0.6) is 0 Å². The lowest BCUT2D eigenvalue weighted by Gasteiger charge is -2.15. The van der Waals surface area contributed by atoms with Crippen LogP contribution in [0.1, 0.15) is 27.8 Å². The molecule has 2 rings (SSSR count). The number of quaternary nitrogens is 1. The third kappa shape index (κ3) is 3.69. The van der Waals surface area contributed by atoms with Crippen molar-refractivity contribution in [3.8, 4) is 0 Å². The van der Waals surface area contributed by atoms with Crippen LogP contribution < -0.4 is 0 Å². The number of aromatic nitrogens is 1. The summed E-state index contributed by atoms with van der Waals surface area (Å²) in [6.45, 7) is 0. The Hall–Kier alpha value is -2.24. The van der Waals surface area contributed by atoms with Crippen LogP contribution in [-0.4, -0.2) is 47.4 Å². The molecule has 2 aromatic rings. The molecule has 0 aliphatic heterocycles. The van der Waals surface area contributed by atoms with E-state index in [4.69, 9.17) is 0 Å². The molecule has 1 aromatic carbocycles. The van der Waals surface area contributed by atoms with Gasteiger partial charge in [-0.2, -0.15) is 0 Å². The molecular weight excluding hydrogens is 278 g/mol. The SMILES string of the molecule is Cn1c(/C=N/[N+](C)(C)C)ccc1C(O)C(=O)c1ccccc1. The number of aliphatic hydroxyl groups excluding tert-OH is 1. The minimum absolute atomic E-state index is 0.308. The van der Waals surface area contributed by atoms with E-state index in [1.165, 1.54) is 0 Å². The van der Waals surface area contributed by atoms with E-state index in [-0.39, 0.29) is 5.78 Å². The molecule has 0 radical (unpaired) electrons. The maximum atomic E-state index is 12.3. The van der Waals surface area contributed by atoms with Gasteiger partial charge in [-0.25, -0.2) is 4.59 Å². The number of nitrogens with zero attached hydrogens (tertiary/aromatic N) is 3. The summed E-state index contributed by atoms with van der Waals surface area (Å²) >= 11 is 0. The molecule has 116 valence electrons. The van der Waals surface area contributed by atoms with Gasteiger partial charge in [0.2, 0.25) is 0 Å². The monoisotopic (exact) mass is 300 g/mol. The molecule has 5 heteroatoms. The lowest BCUT2D eigenvalue weighted by molar-refractivity contribution is -0.876. The molecule has 0 amide bonds. The summed E-state index contributed by atoms with van der Waals surface area (Å²) in [7, 11) is 7.67. The highest BCUT2D eigenvalue weighted by Gasteiger charge is 2.22. The number of rotatable bonds is 5. The fraction of sp³-hybridized carbons (Fsp3) is 0.294. The van der Waals surface area contributed by atoms with E-state index in [2.05, 4.69) is 5.10 Å². The Morgan fingerprint density at radius 1 is 1.18 bits per heavy atom. The van der Waals surface area contributed by atoms with Gasteiger partial charge >= 0.3 is 0 Å². The zero-order chi connectivity index (χ0) is 16.3. The zero-order valence-electron chi connectivity index (χ0n) is 13.4. The van der Waals surface area contributed by atoms with E-state index in [0.717, 1.165) is 5.69 Å². The van der Waals surface area contributed by atoms with E-state index >= 15 is 0 Å². The molecule has 0 spiro atoms. The molecule has 1 heterocycles. The molecule has 1 N–H and O–H groups in total. The molecule has 1 unspecified atom stereocenters. The van der Waals surface area contributed by atoms with E-state index in [0.29, 0.717) is 15.8 Å². The lowest BCUT2D eigenvalue weighted by atomic mass is 10.0. The second kappa shape index (κ2) is 6.25. The van der Waals surface area contributed by atoms with Gasteiger partial charge in [0, 0.05) is 12.6 Å². The Labute approximate surface area is 130 Å². The normalized spacial score (nSPS) is 13.5. The van der Waals surface area contributed by atoms with E-state index in [1.54, 1.807) is 41.1 Å². The van der Waals surface area contributed by atoms with Crippen LogP contribution >= 0.6 is 0 Å². The first-order valence-corrected chi connectivity index (χ1v) is 7.09. The second-order valence-corrected chi connectivity index (χ2v) is 6.06. The first kappa shape index (κ1) is 16.1. The number of carbonyl (C=O) groups is 1. The maximum Gasteiger partial charge on any atom is 0.197 e. The Bertz CT molecular complexity index is 682. The van der Waals surface area contributed by atoms with Gasteiger partial charge in [0.15, 0.2) is 11.9 Å². The van der Waals surface area contributed by atoms with E-state index in [9.17, 15) is 9.90 Å². The van der Waals surface area contributed by atoms with E-state index in [1.807, 2.05) is 40.3 Å². The highest BCUT2D eigenvalue weighted by atomic mass is 16.3.